The summed E-state index contributed by atoms with van der Waals surface area (Å²) in [4.78, 5) is 0. The predicted octanol–water partition coefficient (Wildman–Crippen LogP) is 0.128. The number of hydrogen-bond donors (Lipinski definition) is 2. The Bertz CT molecular complexity index is 378. The van der Waals surface area contributed by atoms with E-state index in [9.17, 15) is 0 Å². The molecule has 0 aromatic carbocycles. The van der Waals surface area contributed by atoms with Crippen molar-refractivity contribution in [1.29, 1.82) is 0 Å². The SMILES string of the molecule is Cc1c(CC2=CC(N)CNC2)cnn1C. The third kappa shape index (κ3) is 2.27. The lowest BCUT2D eigenvalue weighted by atomic mass is 10.0. The third-order valence-electron chi connectivity index (χ3n) is 2.94. The molecule has 1 aromatic heterocycles. The molecule has 0 spiro atoms. The molecule has 0 amide bonds. The minimum Gasteiger partial charge on any atom is -0.323 e. The third-order valence-corrected chi connectivity index (χ3v) is 2.94. The van der Waals surface area contributed by atoms with E-state index < -0.39 is 0 Å². The molecule has 1 aliphatic rings. The summed E-state index contributed by atoms with van der Waals surface area (Å²) in [5, 5.41) is 7.55. The molecule has 2 rings (SSSR count). The number of hydrogen-bond acceptors (Lipinski definition) is 3. The quantitative estimate of drug-likeness (QED) is 0.676. The number of aryl methyl sites for hydroxylation is 1. The molecule has 1 atom stereocenters. The zero-order valence-corrected chi connectivity index (χ0v) is 9.33. The molecule has 4 heteroatoms. The highest BCUT2D eigenvalue weighted by Crippen LogP contribution is 2.13. The van der Waals surface area contributed by atoms with Crippen LogP contribution in [-0.2, 0) is 13.5 Å². The highest BCUT2D eigenvalue weighted by Gasteiger charge is 2.11. The van der Waals surface area contributed by atoms with Gasteiger partial charge in [-0.15, -0.1) is 0 Å². The van der Waals surface area contributed by atoms with Gasteiger partial charge in [-0.2, -0.15) is 5.10 Å². The fourth-order valence-corrected chi connectivity index (χ4v) is 1.90. The van der Waals surface area contributed by atoms with Crippen LogP contribution in [0.2, 0.25) is 0 Å². The molecular formula is C11H18N4. The molecule has 1 aromatic rings. The van der Waals surface area contributed by atoms with Gasteiger partial charge >= 0.3 is 0 Å². The summed E-state index contributed by atoms with van der Waals surface area (Å²) >= 11 is 0. The van der Waals surface area contributed by atoms with E-state index in [-0.39, 0.29) is 6.04 Å². The van der Waals surface area contributed by atoms with Gasteiger partial charge in [-0.3, -0.25) is 4.68 Å². The topological polar surface area (TPSA) is 55.9 Å². The zero-order chi connectivity index (χ0) is 10.8. The van der Waals surface area contributed by atoms with Crippen LogP contribution in [0.5, 0.6) is 0 Å². The Kier molecular flexibility index (Phi) is 2.88. The Morgan fingerprint density at radius 1 is 1.67 bits per heavy atom. The van der Waals surface area contributed by atoms with E-state index in [1.54, 1.807) is 0 Å². The van der Waals surface area contributed by atoms with Crippen LogP contribution >= 0.6 is 0 Å². The molecule has 0 fully saturated rings. The van der Waals surface area contributed by atoms with E-state index in [2.05, 4.69) is 23.4 Å². The molecule has 1 aliphatic heterocycles. The fraction of sp³-hybridized carbons (Fsp3) is 0.545. The Labute approximate surface area is 90.2 Å². The predicted molar refractivity (Wildman–Crippen MR) is 60.6 cm³/mol. The van der Waals surface area contributed by atoms with Crippen LogP contribution in [0.25, 0.3) is 0 Å². The van der Waals surface area contributed by atoms with Crippen molar-refractivity contribution in [3.63, 3.8) is 0 Å². The van der Waals surface area contributed by atoms with Gasteiger partial charge in [0.05, 0.1) is 6.20 Å². The van der Waals surface area contributed by atoms with Gasteiger partial charge in [-0.05, 0) is 18.9 Å². The number of aromatic nitrogens is 2. The molecule has 0 saturated carbocycles. The van der Waals surface area contributed by atoms with Gasteiger partial charge < -0.3 is 11.1 Å². The smallest absolute Gasteiger partial charge is 0.0527 e. The summed E-state index contributed by atoms with van der Waals surface area (Å²) in [6.45, 7) is 3.93. The summed E-state index contributed by atoms with van der Waals surface area (Å²) in [6, 6.07) is 0.158. The van der Waals surface area contributed by atoms with Crippen LogP contribution in [0.4, 0.5) is 0 Å². The first-order valence-corrected chi connectivity index (χ1v) is 5.30. The molecule has 3 N–H and O–H groups in total. The molecule has 15 heavy (non-hydrogen) atoms. The molecule has 0 radical (unpaired) electrons. The van der Waals surface area contributed by atoms with Crippen molar-refractivity contribution in [2.75, 3.05) is 13.1 Å². The second-order valence-electron chi connectivity index (χ2n) is 4.18. The lowest BCUT2D eigenvalue weighted by molar-refractivity contribution is 0.626. The van der Waals surface area contributed by atoms with E-state index in [4.69, 9.17) is 5.73 Å². The summed E-state index contributed by atoms with van der Waals surface area (Å²) in [7, 11) is 1.97. The Morgan fingerprint density at radius 3 is 3.07 bits per heavy atom. The van der Waals surface area contributed by atoms with Gasteiger partial charge in [-0.25, -0.2) is 0 Å². The first-order valence-electron chi connectivity index (χ1n) is 5.30. The average molecular weight is 206 g/mol. The second-order valence-corrected chi connectivity index (χ2v) is 4.18. The highest BCUT2D eigenvalue weighted by molar-refractivity contribution is 5.26. The van der Waals surface area contributed by atoms with E-state index in [1.165, 1.54) is 16.8 Å². The molecule has 82 valence electrons. The number of nitrogens with zero attached hydrogens (tertiary/aromatic N) is 2. The van der Waals surface area contributed by atoms with Crippen molar-refractivity contribution in [3.05, 3.63) is 29.1 Å². The first kappa shape index (κ1) is 10.4. The lowest BCUT2D eigenvalue weighted by Crippen LogP contribution is -2.38. The van der Waals surface area contributed by atoms with Crippen molar-refractivity contribution in [3.8, 4) is 0 Å². The summed E-state index contributed by atoms with van der Waals surface area (Å²) in [5.74, 6) is 0. The van der Waals surface area contributed by atoms with Gasteiger partial charge in [-0.1, -0.05) is 11.6 Å². The lowest BCUT2D eigenvalue weighted by Gasteiger charge is -2.19. The average Bonchev–Trinajstić information content (AvgIpc) is 2.50. The largest absolute Gasteiger partial charge is 0.323 e. The maximum atomic E-state index is 5.86. The van der Waals surface area contributed by atoms with Crippen LogP contribution in [0, 0.1) is 6.92 Å². The summed E-state index contributed by atoms with van der Waals surface area (Å²) < 4.78 is 1.91. The van der Waals surface area contributed by atoms with Gasteiger partial charge in [0.25, 0.3) is 0 Å². The number of rotatable bonds is 2. The highest BCUT2D eigenvalue weighted by atomic mass is 15.3. The van der Waals surface area contributed by atoms with Gasteiger partial charge in [0.1, 0.15) is 0 Å². The minimum absolute atomic E-state index is 0.158. The van der Waals surface area contributed by atoms with Crippen molar-refractivity contribution in [2.45, 2.75) is 19.4 Å². The molecule has 4 nitrogen and oxygen atoms in total. The van der Waals surface area contributed by atoms with Crippen molar-refractivity contribution in [2.24, 2.45) is 12.8 Å². The fourth-order valence-electron chi connectivity index (χ4n) is 1.90. The van der Waals surface area contributed by atoms with Crippen LogP contribution in [-0.4, -0.2) is 28.9 Å². The van der Waals surface area contributed by atoms with Crippen molar-refractivity contribution in [1.82, 2.24) is 15.1 Å². The molecule has 0 bridgehead atoms. The second kappa shape index (κ2) is 4.16. The maximum absolute atomic E-state index is 5.86. The molecular weight excluding hydrogens is 188 g/mol. The van der Waals surface area contributed by atoms with Crippen LogP contribution in [0.15, 0.2) is 17.8 Å². The van der Waals surface area contributed by atoms with Gasteiger partial charge in [0.2, 0.25) is 0 Å². The minimum atomic E-state index is 0.158. The molecule has 0 saturated heterocycles. The molecule has 0 aliphatic carbocycles. The normalized spacial score (nSPS) is 21.5. The Morgan fingerprint density at radius 2 is 2.47 bits per heavy atom. The zero-order valence-electron chi connectivity index (χ0n) is 9.33. The van der Waals surface area contributed by atoms with Crippen molar-refractivity contribution >= 4 is 0 Å². The maximum Gasteiger partial charge on any atom is 0.0527 e. The van der Waals surface area contributed by atoms with Crippen LogP contribution < -0.4 is 11.1 Å². The van der Waals surface area contributed by atoms with E-state index in [1.807, 2.05) is 17.9 Å². The van der Waals surface area contributed by atoms with Crippen molar-refractivity contribution < 1.29 is 0 Å². The molecule has 1 unspecified atom stereocenters. The number of nitrogens with one attached hydrogen (secondary N) is 1. The Balaban J connectivity index is 2.12. The monoisotopic (exact) mass is 206 g/mol. The van der Waals surface area contributed by atoms with Gasteiger partial charge in [0.15, 0.2) is 0 Å². The van der Waals surface area contributed by atoms with Crippen LogP contribution in [0.1, 0.15) is 11.3 Å². The standard InChI is InChI=1S/C11H18N4/c1-8-10(6-14-15(8)2)3-9-4-11(12)7-13-5-9/h4,6,11,13H,3,5,7,12H2,1-2H3. The van der Waals surface area contributed by atoms with E-state index >= 15 is 0 Å². The van der Waals surface area contributed by atoms with E-state index in [0.29, 0.717) is 0 Å². The summed E-state index contributed by atoms with van der Waals surface area (Å²) in [6.07, 6.45) is 5.07. The van der Waals surface area contributed by atoms with Gasteiger partial charge in [0, 0.05) is 31.9 Å². The van der Waals surface area contributed by atoms with Crippen LogP contribution in [0.3, 0.4) is 0 Å². The Hall–Kier alpha value is -1.13. The molecule has 2 heterocycles. The first-order chi connectivity index (χ1) is 7.16. The number of nitrogens with two attached hydrogens (primary N) is 1. The summed E-state index contributed by atoms with van der Waals surface area (Å²) in [5.41, 5.74) is 9.75. The van der Waals surface area contributed by atoms with E-state index in [0.717, 1.165) is 19.5 Å².